The molecule has 10 atom stereocenters. The lowest BCUT2D eigenvalue weighted by Crippen LogP contribution is -2.37. The molecule has 764 valence electrons. The molecule has 1 aromatic heterocycles. The molecule has 8 fully saturated rings. The van der Waals surface area contributed by atoms with Gasteiger partial charge in [0.25, 0.3) is 11.8 Å². The molecule has 10 amide bonds. The number of rotatable bonds is 18. The van der Waals surface area contributed by atoms with Crippen LogP contribution in [0.1, 0.15) is 312 Å². The molecule has 1 heterocycles. The molecule has 0 saturated heterocycles. The van der Waals surface area contributed by atoms with Gasteiger partial charge in [-0.2, -0.15) is 0 Å². The molecule has 10 unspecified atom stereocenters. The zero-order chi connectivity index (χ0) is 101. The number of hydrogen-bond acceptors (Lipinski definition) is 23. The lowest BCUT2D eigenvalue weighted by molar-refractivity contribution is -0.118. The van der Waals surface area contributed by atoms with Crippen LogP contribution in [0.25, 0.3) is 11.0 Å². The first kappa shape index (κ1) is 118. The van der Waals surface area contributed by atoms with Gasteiger partial charge in [0.2, 0.25) is 5.88 Å². The van der Waals surface area contributed by atoms with E-state index in [1.165, 1.54) is 101 Å². The molecule has 0 aliphatic heterocycles. The minimum absolute atomic E-state index is 0.00652. The smallest absolute Gasteiger partial charge is 0.414 e. The number of anilines is 3. The molecule has 3 aromatic carbocycles. The quantitative estimate of drug-likeness (QED) is 0.0145. The van der Waals surface area contributed by atoms with Crippen molar-refractivity contribution in [1.82, 2.24) is 26.6 Å². The highest BCUT2D eigenvalue weighted by Gasteiger charge is 2.36. The molecular weight excluding hydrogens is 1760 g/mol. The number of carboxylic acid groups (broad SMARTS) is 1. The third-order valence-corrected chi connectivity index (χ3v) is 24.9. The number of aromatic hydroxyl groups is 1. The van der Waals surface area contributed by atoms with Gasteiger partial charge in [-0.3, -0.25) is 41.0 Å². The fraction of sp³-hybridized carbons (Fsp3) is 0.638. The summed E-state index contributed by atoms with van der Waals surface area (Å²) in [5, 5.41) is 38.1. The van der Waals surface area contributed by atoms with E-state index in [1.807, 2.05) is 20.8 Å². The number of phenolic OH excluding ortho intramolecular Hbond substituents is 1. The van der Waals surface area contributed by atoms with Crippen molar-refractivity contribution in [3.8, 4) is 17.6 Å². The average molecular weight is 1920 g/mol. The minimum atomic E-state index is -0.990. The van der Waals surface area contributed by atoms with Crippen LogP contribution in [-0.4, -0.2) is 160 Å². The highest BCUT2D eigenvalue weighted by molar-refractivity contribution is 6.02. The second-order valence-corrected chi connectivity index (χ2v) is 37.4. The van der Waals surface area contributed by atoms with Crippen LogP contribution < -0.4 is 48.0 Å². The van der Waals surface area contributed by atoms with Crippen molar-refractivity contribution in [3.05, 3.63) is 119 Å². The number of methoxy groups -OCH3 is 1. The molecule has 0 bridgehead atoms. The zero-order valence-corrected chi connectivity index (χ0v) is 84.2. The van der Waals surface area contributed by atoms with E-state index in [0.29, 0.717) is 76.6 Å². The Labute approximate surface area is 811 Å². The molecule has 137 heavy (non-hydrogen) atoms. The van der Waals surface area contributed by atoms with Crippen LogP contribution in [0.3, 0.4) is 0 Å². The SMILES string of the molecule is C=C(C)C(=O)NC(=O)OC1CCC(C#CC)CC1.C=C(C)C(=O)NC(=O)OC1CCCCC1C.CC.CC1CC(OC(=O)Nc2cc(=O)c3ccccc3o2)CC(C)(C)C1.CC1CCCCC1OC(=O)Nc1ccc(O)cc1.CCC1CCCCC1OC(=O)NCCOC.CNC(=O)OC1CCC(C)CC1.CNC(=O)OC1CCCC(C)C1.O=C(Nc1ccc(C(=O)O)cc1)OC1CCCCC1. The Bertz CT molecular complexity index is 4470. The van der Waals surface area contributed by atoms with Crippen molar-refractivity contribution in [2.45, 2.75) is 351 Å². The van der Waals surface area contributed by atoms with Gasteiger partial charge in [-0.1, -0.05) is 127 Å². The Kier molecular flexibility index (Phi) is 56.3. The van der Waals surface area contributed by atoms with Gasteiger partial charge in [-0.05, 0) is 302 Å². The lowest BCUT2D eigenvalue weighted by atomic mass is 9.71. The van der Waals surface area contributed by atoms with E-state index < -0.39 is 48.2 Å². The van der Waals surface area contributed by atoms with E-state index in [9.17, 15) is 57.5 Å². The maximum absolute atomic E-state index is 12.2. The lowest BCUT2D eigenvalue weighted by Gasteiger charge is -2.38. The van der Waals surface area contributed by atoms with E-state index in [-0.39, 0.29) is 101 Å². The number of aromatic carboxylic acids is 1. The zero-order valence-electron chi connectivity index (χ0n) is 84.2. The summed E-state index contributed by atoms with van der Waals surface area (Å²) >= 11 is 0. The fourth-order valence-electron chi connectivity index (χ4n) is 17.5. The van der Waals surface area contributed by atoms with Gasteiger partial charge in [0.05, 0.1) is 17.6 Å². The first-order chi connectivity index (χ1) is 65.4. The van der Waals surface area contributed by atoms with Crippen LogP contribution in [-0.2, 0) is 52.2 Å². The first-order valence-corrected chi connectivity index (χ1v) is 49.4. The van der Waals surface area contributed by atoms with Crippen LogP contribution in [0.4, 0.5) is 55.6 Å². The molecule has 8 aliphatic rings. The van der Waals surface area contributed by atoms with Crippen molar-refractivity contribution >= 4 is 94.8 Å². The Morgan fingerprint density at radius 2 is 0.920 bits per heavy atom. The number of fused-ring (bicyclic) bond motifs is 1. The van der Waals surface area contributed by atoms with Gasteiger partial charge in [-0.15, -0.1) is 11.8 Å². The van der Waals surface area contributed by atoms with Crippen LogP contribution >= 0.6 is 0 Å². The molecule has 8 aliphatic carbocycles. The molecule has 8 saturated carbocycles. The number of hydrogen-bond donors (Lipinski definition) is 10. The normalized spacial score (nSPS) is 23.2. The number of nitrogens with one attached hydrogen (secondary N) is 8. The van der Waals surface area contributed by atoms with Crippen molar-refractivity contribution in [2.75, 3.05) is 50.3 Å². The van der Waals surface area contributed by atoms with E-state index in [0.717, 1.165) is 154 Å². The van der Waals surface area contributed by atoms with Gasteiger partial charge >= 0.3 is 54.7 Å². The first-order valence-electron chi connectivity index (χ1n) is 49.4. The highest BCUT2D eigenvalue weighted by atomic mass is 16.6. The van der Waals surface area contributed by atoms with Crippen molar-refractivity contribution < 1.29 is 110 Å². The topological polar surface area (TPSA) is 438 Å². The summed E-state index contributed by atoms with van der Waals surface area (Å²) in [5.41, 5.74) is 2.34. The molecule has 12 rings (SSSR count). The average Bonchev–Trinajstić information content (AvgIpc) is 0.814. The minimum Gasteiger partial charge on any atom is -0.508 e. The molecule has 0 radical (unpaired) electrons. The number of carboxylic acids is 1. The molecule has 0 spiro atoms. The maximum Gasteiger partial charge on any atom is 0.414 e. The molecule has 32 nitrogen and oxygen atoms in total. The van der Waals surface area contributed by atoms with Gasteiger partial charge in [-0.25, -0.2) is 43.2 Å². The second-order valence-electron chi connectivity index (χ2n) is 37.4. The Hall–Kier alpha value is -11.4. The maximum atomic E-state index is 12.2. The second kappa shape index (κ2) is 65.4. The summed E-state index contributed by atoms with van der Waals surface area (Å²) in [4.78, 5) is 137. The summed E-state index contributed by atoms with van der Waals surface area (Å²) < 4.78 is 52.8. The van der Waals surface area contributed by atoms with E-state index in [2.05, 4.69) is 123 Å². The summed E-state index contributed by atoms with van der Waals surface area (Å²) in [6.07, 6.45) is 31.3. The van der Waals surface area contributed by atoms with E-state index in [1.54, 1.807) is 76.7 Å². The summed E-state index contributed by atoms with van der Waals surface area (Å²) in [7, 11) is 4.80. The number of amides is 10. The number of imide groups is 2. The molecule has 4 aromatic rings. The van der Waals surface area contributed by atoms with Gasteiger partial charge in [0.15, 0.2) is 5.43 Å². The number of carbonyl (C=O) groups excluding carboxylic acids is 10. The van der Waals surface area contributed by atoms with E-state index in [4.69, 9.17) is 57.3 Å². The summed E-state index contributed by atoms with van der Waals surface area (Å²) in [5.74, 6) is 8.14. The van der Waals surface area contributed by atoms with Gasteiger partial charge in [0.1, 0.15) is 60.2 Å². The van der Waals surface area contributed by atoms with Crippen molar-refractivity contribution in [1.29, 1.82) is 0 Å². The Morgan fingerprint density at radius 3 is 1.44 bits per heavy atom. The van der Waals surface area contributed by atoms with Gasteiger partial charge in [0, 0.05) is 62.3 Å². The molecule has 10 N–H and O–H groups in total. The number of phenols is 1. The highest BCUT2D eigenvalue weighted by Crippen LogP contribution is 2.40. The summed E-state index contributed by atoms with van der Waals surface area (Å²) in [6.45, 7) is 34.2. The monoisotopic (exact) mass is 1920 g/mol. The molecular formula is C105H160N8O24. The number of ether oxygens (including phenoxy) is 9. The Morgan fingerprint density at radius 1 is 0.474 bits per heavy atom. The molecule has 32 heteroatoms. The summed E-state index contributed by atoms with van der Waals surface area (Å²) in [6, 6.07) is 20.5. The number of carbonyl (C=O) groups is 11. The van der Waals surface area contributed by atoms with Crippen LogP contribution in [0.2, 0.25) is 0 Å². The van der Waals surface area contributed by atoms with Crippen LogP contribution in [0.5, 0.6) is 5.75 Å². The van der Waals surface area contributed by atoms with E-state index >= 15 is 0 Å². The third kappa shape index (κ3) is 49.5. The number of alkyl carbamates (subject to hydrolysis) is 5. The van der Waals surface area contributed by atoms with Crippen molar-refractivity contribution in [2.24, 2.45) is 46.8 Å². The Balaban J connectivity index is 0.000000329. The standard InChI is InChI=1S/C19H23NO4.C14H17NO4.2C14H19NO3.C12H19NO3.C12H23NO3.2C9H17NO2.C2H6/c1-12-8-13(11-19(2,3)10-12)23-18(22)20-17-9-15(21)14-6-4-5-7-16(14)24-17;16-13(17)10-6-8-11(9-7-10)15-14(18)19-12-4-2-1-3-5-12;1-10-4-2-3-5-13(10)18-14(17)15-11-6-8-12(16)9-7-11;1-4-5-11-6-8-12(9-7-11)18-14(17)15-13(16)10(2)3;1-8(2)11(14)13-12(15)16-10-7-5-4-6-9(10)3;1-3-10-6-4-5-7-11(10)16-12(14)13-8-9-15-2;1-7-3-5-8(6-4-7)12-9(11)10-2;1-7-4-3-5-8(6-7)12-9(11)10-2;1-2/h4-7,9,12-13H,8,10-11H2,1-3H3,(H,20,22);6-9,12H,1-5H2,(H,15,18)(H,16,17);6-10,13,16H,2-5H2,1H3,(H,15,17);11-12H,2,6-9H2,1,3H3,(H,15,16,17);9-10H,1,4-7H2,2-3H3,(H,13,14,15);10-11H,3-9H2,1-2H3,(H,13,14);2*7-8H,3-6H2,1-2H3,(H,10,11);1-2H3. The predicted octanol–water partition coefficient (Wildman–Crippen LogP) is 23.3. The van der Waals surface area contributed by atoms with Gasteiger partial charge < -0.3 is 73.2 Å². The van der Waals surface area contributed by atoms with Crippen molar-refractivity contribution in [3.63, 3.8) is 0 Å². The predicted molar refractivity (Wildman–Crippen MR) is 530 cm³/mol. The third-order valence-electron chi connectivity index (χ3n) is 24.9. The largest absolute Gasteiger partial charge is 0.508 e. The fourth-order valence-corrected chi connectivity index (χ4v) is 17.5. The number of benzene rings is 3. The van der Waals surface area contributed by atoms with Crippen LogP contribution in [0.15, 0.2) is 112 Å². The number of para-hydroxylation sites is 1. The van der Waals surface area contributed by atoms with Crippen LogP contribution in [0, 0.1) is 58.7 Å².